The lowest BCUT2D eigenvalue weighted by atomic mass is 10.1. The normalized spacial score (nSPS) is 17.4. The monoisotopic (exact) mass is 394 g/mol. The summed E-state index contributed by atoms with van der Waals surface area (Å²) in [7, 11) is 1.60. The van der Waals surface area contributed by atoms with E-state index >= 15 is 0 Å². The quantitative estimate of drug-likeness (QED) is 0.469. The minimum absolute atomic E-state index is 0.00511. The molecular formula is C18H26N4O4S. The van der Waals surface area contributed by atoms with Crippen LogP contribution >= 0.6 is 12.2 Å². The number of rotatable bonds is 7. The van der Waals surface area contributed by atoms with Gasteiger partial charge in [0.2, 0.25) is 11.8 Å². The maximum atomic E-state index is 12.4. The summed E-state index contributed by atoms with van der Waals surface area (Å²) in [5, 5.41) is 3.27. The highest BCUT2D eigenvalue weighted by molar-refractivity contribution is 7.80. The molecule has 0 aliphatic carbocycles. The topological polar surface area (TPSA) is 91.9 Å². The van der Waals surface area contributed by atoms with Crippen molar-refractivity contribution in [3.8, 4) is 5.75 Å². The Balaban J connectivity index is 1.91. The Morgan fingerprint density at radius 2 is 2.11 bits per heavy atom. The van der Waals surface area contributed by atoms with Crippen LogP contribution in [0.4, 0.5) is 5.69 Å². The van der Waals surface area contributed by atoms with Crippen LogP contribution in [0.25, 0.3) is 0 Å². The molecule has 1 fully saturated rings. The summed E-state index contributed by atoms with van der Waals surface area (Å²) in [6.07, 6.45) is 0.133. The van der Waals surface area contributed by atoms with Crippen LogP contribution in [0.15, 0.2) is 24.3 Å². The second-order valence-corrected chi connectivity index (χ2v) is 6.66. The second kappa shape index (κ2) is 10.1. The molecule has 2 rings (SSSR count). The van der Waals surface area contributed by atoms with Crippen LogP contribution < -0.4 is 25.8 Å². The number of amides is 2. The number of hydrazine groups is 1. The number of nitrogens with one attached hydrogen (secondary N) is 3. The number of methoxy groups -OCH3 is 1. The van der Waals surface area contributed by atoms with E-state index in [0.717, 1.165) is 0 Å². The van der Waals surface area contributed by atoms with Crippen LogP contribution in [0.2, 0.25) is 0 Å². The van der Waals surface area contributed by atoms with E-state index in [0.29, 0.717) is 24.7 Å². The summed E-state index contributed by atoms with van der Waals surface area (Å²) in [5.41, 5.74) is 5.90. The summed E-state index contributed by atoms with van der Waals surface area (Å²) >= 11 is 5.12. The van der Waals surface area contributed by atoms with Crippen LogP contribution in [0, 0.1) is 5.92 Å². The van der Waals surface area contributed by atoms with E-state index in [-0.39, 0.29) is 35.9 Å². The van der Waals surface area contributed by atoms with Crippen LogP contribution in [-0.2, 0) is 14.3 Å². The zero-order valence-electron chi connectivity index (χ0n) is 15.8. The number of para-hydroxylation sites is 2. The highest BCUT2D eigenvalue weighted by Crippen LogP contribution is 2.32. The third kappa shape index (κ3) is 5.80. The first-order valence-electron chi connectivity index (χ1n) is 8.83. The molecular weight excluding hydrogens is 368 g/mol. The predicted molar refractivity (Wildman–Crippen MR) is 106 cm³/mol. The largest absolute Gasteiger partial charge is 0.492 e. The van der Waals surface area contributed by atoms with Crippen molar-refractivity contribution in [1.82, 2.24) is 16.2 Å². The van der Waals surface area contributed by atoms with Crippen LogP contribution in [0.5, 0.6) is 5.75 Å². The fourth-order valence-electron chi connectivity index (χ4n) is 2.85. The van der Waals surface area contributed by atoms with Crippen LogP contribution in [0.1, 0.15) is 20.3 Å². The van der Waals surface area contributed by atoms with Gasteiger partial charge in [-0.3, -0.25) is 20.4 Å². The lowest BCUT2D eigenvalue weighted by Gasteiger charge is -2.20. The van der Waals surface area contributed by atoms with Crippen molar-refractivity contribution in [3.63, 3.8) is 0 Å². The predicted octanol–water partition coefficient (Wildman–Crippen LogP) is 0.968. The number of hydrogen-bond acceptors (Lipinski definition) is 5. The first kappa shape index (κ1) is 20.9. The number of nitrogens with zero attached hydrogens (tertiary/aromatic N) is 1. The molecule has 2 amide bonds. The fourth-order valence-corrected chi connectivity index (χ4v) is 3.10. The number of carbonyl (C=O) groups excluding carboxylic acids is 2. The Labute approximate surface area is 164 Å². The minimum atomic E-state index is -0.473. The zero-order valence-corrected chi connectivity index (χ0v) is 16.6. The van der Waals surface area contributed by atoms with Gasteiger partial charge in [0.25, 0.3) is 0 Å². The Bertz CT molecular complexity index is 685. The van der Waals surface area contributed by atoms with Gasteiger partial charge in [0.05, 0.1) is 24.8 Å². The third-order valence-corrected chi connectivity index (χ3v) is 4.27. The first-order valence-corrected chi connectivity index (χ1v) is 9.24. The molecule has 0 radical (unpaired) electrons. The van der Waals surface area contributed by atoms with E-state index in [1.165, 1.54) is 0 Å². The average Bonchev–Trinajstić information content (AvgIpc) is 3.02. The molecule has 1 aromatic carbocycles. The van der Waals surface area contributed by atoms with Crippen molar-refractivity contribution < 1.29 is 19.1 Å². The number of anilines is 1. The van der Waals surface area contributed by atoms with E-state index in [1.54, 1.807) is 12.0 Å². The van der Waals surface area contributed by atoms with Crippen LogP contribution in [-0.4, -0.2) is 49.8 Å². The summed E-state index contributed by atoms with van der Waals surface area (Å²) < 4.78 is 10.6. The van der Waals surface area contributed by atoms with E-state index in [4.69, 9.17) is 21.7 Å². The summed E-state index contributed by atoms with van der Waals surface area (Å²) in [6, 6.07) is 7.32. The highest BCUT2D eigenvalue weighted by Gasteiger charge is 2.36. The van der Waals surface area contributed by atoms with E-state index in [2.05, 4.69) is 16.2 Å². The zero-order chi connectivity index (χ0) is 19.8. The molecule has 1 saturated heterocycles. The fraction of sp³-hybridized carbons (Fsp3) is 0.500. The summed E-state index contributed by atoms with van der Waals surface area (Å²) in [5.74, 6) is -0.246. The summed E-state index contributed by atoms with van der Waals surface area (Å²) in [6.45, 7) is 5.06. The minimum Gasteiger partial charge on any atom is -0.492 e. The van der Waals surface area contributed by atoms with E-state index in [9.17, 15) is 9.59 Å². The van der Waals surface area contributed by atoms with Gasteiger partial charge in [0.15, 0.2) is 5.11 Å². The van der Waals surface area contributed by atoms with Gasteiger partial charge in [0, 0.05) is 26.1 Å². The molecule has 1 heterocycles. The molecule has 9 heteroatoms. The van der Waals surface area contributed by atoms with Gasteiger partial charge in [-0.1, -0.05) is 12.1 Å². The Morgan fingerprint density at radius 3 is 2.81 bits per heavy atom. The van der Waals surface area contributed by atoms with Gasteiger partial charge in [-0.2, -0.15) is 0 Å². The molecule has 0 saturated carbocycles. The number of benzene rings is 1. The molecule has 27 heavy (non-hydrogen) atoms. The second-order valence-electron chi connectivity index (χ2n) is 6.25. The molecule has 0 unspecified atom stereocenters. The van der Waals surface area contributed by atoms with Gasteiger partial charge in [-0.25, -0.2) is 0 Å². The molecule has 1 aliphatic heterocycles. The van der Waals surface area contributed by atoms with Crippen LogP contribution in [0.3, 0.4) is 0 Å². The van der Waals surface area contributed by atoms with Crippen molar-refractivity contribution >= 4 is 34.8 Å². The number of carbonyl (C=O) groups is 2. The Morgan fingerprint density at radius 1 is 1.37 bits per heavy atom. The summed E-state index contributed by atoms with van der Waals surface area (Å²) in [4.78, 5) is 26.4. The molecule has 148 valence electrons. The van der Waals surface area contributed by atoms with Gasteiger partial charge in [0.1, 0.15) is 5.75 Å². The van der Waals surface area contributed by atoms with Gasteiger partial charge < -0.3 is 19.7 Å². The number of ether oxygens (including phenoxy) is 2. The molecule has 3 N–H and O–H groups in total. The SMILES string of the molecule is CCOc1ccccc1N1C[C@@H](C(=O)NNC(=S)N[C@@H](C)COC)CC1=O. The molecule has 0 spiro atoms. The molecule has 2 atom stereocenters. The van der Waals surface area contributed by atoms with Crippen molar-refractivity contribution in [3.05, 3.63) is 24.3 Å². The first-order chi connectivity index (χ1) is 13.0. The molecule has 1 aliphatic rings. The third-order valence-electron chi connectivity index (χ3n) is 4.05. The molecule has 1 aromatic rings. The molecule has 0 aromatic heterocycles. The average molecular weight is 394 g/mol. The van der Waals surface area contributed by atoms with E-state index in [1.807, 2.05) is 38.1 Å². The van der Waals surface area contributed by atoms with Crippen molar-refractivity contribution in [2.75, 3.05) is 31.8 Å². The van der Waals surface area contributed by atoms with Gasteiger partial charge in [-0.05, 0) is 38.2 Å². The standard InChI is InChI=1S/C18H26N4O4S/c1-4-26-15-8-6-5-7-14(15)22-10-13(9-16(22)23)17(24)20-21-18(27)19-12(2)11-25-3/h5-8,12-13H,4,9-11H2,1-3H3,(H,20,24)(H2,19,21,27)/t12-,13-/m0/s1. The van der Waals surface area contributed by atoms with Crippen molar-refractivity contribution in [2.24, 2.45) is 5.92 Å². The van der Waals surface area contributed by atoms with Crippen molar-refractivity contribution in [1.29, 1.82) is 0 Å². The van der Waals surface area contributed by atoms with Gasteiger partial charge in [-0.15, -0.1) is 0 Å². The smallest absolute Gasteiger partial charge is 0.243 e. The Kier molecular flexibility index (Phi) is 7.81. The lowest BCUT2D eigenvalue weighted by molar-refractivity contribution is -0.126. The number of thiocarbonyl (C=S) groups is 1. The number of hydrogen-bond donors (Lipinski definition) is 3. The molecule has 8 nitrogen and oxygen atoms in total. The highest BCUT2D eigenvalue weighted by atomic mass is 32.1. The maximum absolute atomic E-state index is 12.4. The van der Waals surface area contributed by atoms with Gasteiger partial charge >= 0.3 is 0 Å². The molecule has 0 bridgehead atoms. The van der Waals surface area contributed by atoms with Crippen molar-refractivity contribution in [2.45, 2.75) is 26.3 Å². The Hall–Kier alpha value is -2.39. The lowest BCUT2D eigenvalue weighted by Crippen LogP contribution is -2.51. The van der Waals surface area contributed by atoms with E-state index < -0.39 is 5.92 Å². The maximum Gasteiger partial charge on any atom is 0.243 e.